The van der Waals surface area contributed by atoms with E-state index in [1.54, 1.807) is 4.90 Å². The highest BCUT2D eigenvalue weighted by Crippen LogP contribution is 2.25. The number of nitrogens with zero attached hydrogens (tertiary/aromatic N) is 2. The predicted molar refractivity (Wildman–Crippen MR) is 174 cm³/mol. The van der Waals surface area contributed by atoms with E-state index in [9.17, 15) is 24.0 Å². The fraction of sp³-hybridized carbons (Fsp3) is 0.629. The number of benzene rings is 1. The van der Waals surface area contributed by atoms with Crippen molar-refractivity contribution in [3.05, 3.63) is 36.0 Å². The van der Waals surface area contributed by atoms with Crippen LogP contribution in [0, 0.1) is 5.92 Å². The lowest BCUT2D eigenvalue weighted by Gasteiger charge is -2.39. The van der Waals surface area contributed by atoms with Gasteiger partial charge in [-0.05, 0) is 56.6 Å². The summed E-state index contributed by atoms with van der Waals surface area (Å²) in [7, 11) is 0. The SMILES string of the molecule is CCC(=O)CCCCC[C@H]1NC(=O)[C@H]2CCCCN2C(=O)[C@@H](C(C)CC)NC(=O)[C@@H](Cc2cn(CC)c3ccccc23)NC1=O. The summed E-state index contributed by atoms with van der Waals surface area (Å²) in [4.78, 5) is 69.1. The summed E-state index contributed by atoms with van der Waals surface area (Å²) in [5.41, 5.74) is 1.97. The summed E-state index contributed by atoms with van der Waals surface area (Å²) in [5, 5.41) is 9.96. The van der Waals surface area contributed by atoms with Crippen molar-refractivity contribution < 1.29 is 24.0 Å². The van der Waals surface area contributed by atoms with Gasteiger partial charge in [-0.15, -0.1) is 0 Å². The van der Waals surface area contributed by atoms with Gasteiger partial charge >= 0.3 is 0 Å². The molecular formula is C35H51N5O5. The van der Waals surface area contributed by atoms with E-state index in [2.05, 4.69) is 27.4 Å². The van der Waals surface area contributed by atoms with Crippen molar-refractivity contribution in [3.8, 4) is 0 Å². The van der Waals surface area contributed by atoms with Gasteiger partial charge in [-0.2, -0.15) is 0 Å². The highest BCUT2D eigenvalue weighted by Gasteiger charge is 2.40. The molecule has 1 unspecified atom stereocenters. The Morgan fingerprint density at radius 1 is 0.911 bits per heavy atom. The molecule has 0 aliphatic carbocycles. The van der Waals surface area contributed by atoms with Gasteiger partial charge in [0.15, 0.2) is 0 Å². The summed E-state index contributed by atoms with van der Waals surface area (Å²) in [6, 6.07) is 4.66. The number of unbranched alkanes of at least 4 members (excludes halogenated alkanes) is 2. The second-order valence-electron chi connectivity index (χ2n) is 12.7. The van der Waals surface area contributed by atoms with Crippen LogP contribution in [0.3, 0.4) is 0 Å². The molecule has 3 N–H and O–H groups in total. The number of Topliss-reactive ketones (excluding diaryl/α,β-unsaturated/α-hetero) is 1. The minimum atomic E-state index is -0.953. The van der Waals surface area contributed by atoms with Crippen LogP contribution in [-0.2, 0) is 36.9 Å². The number of carbonyl (C=O) groups is 5. The molecule has 2 saturated heterocycles. The van der Waals surface area contributed by atoms with Crippen molar-refractivity contribution in [3.63, 3.8) is 0 Å². The molecule has 2 aromatic rings. The number of nitrogens with one attached hydrogen (secondary N) is 3. The predicted octanol–water partition coefficient (Wildman–Crippen LogP) is 4.03. The average Bonchev–Trinajstić information content (AvgIpc) is 3.41. The molecule has 4 rings (SSSR count). The lowest BCUT2D eigenvalue weighted by atomic mass is 9.93. The van der Waals surface area contributed by atoms with E-state index in [0.29, 0.717) is 45.1 Å². The largest absolute Gasteiger partial charge is 0.347 e. The van der Waals surface area contributed by atoms with Crippen LogP contribution in [0.15, 0.2) is 30.5 Å². The molecule has 0 spiro atoms. The first kappa shape index (κ1) is 34.2. The van der Waals surface area contributed by atoms with Crippen molar-refractivity contribution in [1.82, 2.24) is 25.4 Å². The molecule has 10 heteroatoms. The number of para-hydroxylation sites is 1. The molecule has 246 valence electrons. The molecule has 10 nitrogen and oxygen atoms in total. The van der Waals surface area contributed by atoms with Gasteiger partial charge in [-0.3, -0.25) is 24.0 Å². The molecule has 4 amide bonds. The van der Waals surface area contributed by atoms with E-state index < -0.39 is 36.0 Å². The van der Waals surface area contributed by atoms with Crippen molar-refractivity contribution >= 4 is 40.3 Å². The summed E-state index contributed by atoms with van der Waals surface area (Å²) in [6.45, 7) is 9.00. The third-order valence-electron chi connectivity index (χ3n) is 9.61. The Morgan fingerprint density at radius 2 is 1.64 bits per heavy atom. The molecule has 0 radical (unpaired) electrons. The molecule has 1 aromatic carbocycles. The Bertz CT molecular complexity index is 1370. The van der Waals surface area contributed by atoms with Crippen molar-refractivity contribution in [2.75, 3.05) is 6.54 Å². The number of ketones is 1. The zero-order valence-electron chi connectivity index (χ0n) is 27.4. The fourth-order valence-corrected chi connectivity index (χ4v) is 6.59. The van der Waals surface area contributed by atoms with Gasteiger partial charge in [-0.1, -0.05) is 58.2 Å². The van der Waals surface area contributed by atoms with E-state index in [-0.39, 0.29) is 29.9 Å². The van der Waals surface area contributed by atoms with Crippen LogP contribution in [0.5, 0.6) is 0 Å². The Kier molecular flexibility index (Phi) is 12.2. The Morgan fingerprint density at radius 3 is 2.38 bits per heavy atom. The lowest BCUT2D eigenvalue weighted by Crippen LogP contribution is -2.64. The van der Waals surface area contributed by atoms with E-state index in [1.165, 1.54) is 0 Å². The zero-order chi connectivity index (χ0) is 32.5. The van der Waals surface area contributed by atoms with Crippen molar-refractivity contribution in [2.45, 2.75) is 129 Å². The molecule has 45 heavy (non-hydrogen) atoms. The van der Waals surface area contributed by atoms with E-state index in [0.717, 1.165) is 48.7 Å². The Labute approximate surface area is 267 Å². The zero-order valence-corrected chi connectivity index (χ0v) is 27.4. The topological polar surface area (TPSA) is 130 Å². The van der Waals surface area contributed by atoms with Gasteiger partial charge in [0.05, 0.1) is 0 Å². The number of aryl methyl sites for hydroxylation is 1. The highest BCUT2D eigenvalue weighted by molar-refractivity contribution is 5.98. The van der Waals surface area contributed by atoms with Crippen LogP contribution in [0.2, 0.25) is 0 Å². The number of piperidine rings is 1. The van der Waals surface area contributed by atoms with Gasteiger partial charge in [0, 0.05) is 49.5 Å². The molecule has 0 saturated carbocycles. The number of amides is 4. The molecule has 2 aliphatic rings. The smallest absolute Gasteiger partial charge is 0.246 e. The van der Waals surface area contributed by atoms with Gasteiger partial charge in [0.2, 0.25) is 23.6 Å². The normalized spacial score (nSPS) is 23.8. The minimum Gasteiger partial charge on any atom is -0.347 e. The standard InChI is InChI=1S/C35H51N5O5/c1-5-23(4)31-35(45)40-20-14-13-19-30(40)34(44)36-27(17-10-8-9-15-25(41)6-2)32(42)37-28(33(43)38-31)21-24-22-39(7-3)29-18-12-11-16-26(24)29/h11-12,16,18,22-23,27-28,30-31H,5-10,13-15,17,19-21H2,1-4H3,(H,36,44)(H,37,42)(H,38,43)/t23?,27-,28-,30-,31-/m1/s1. The second-order valence-corrected chi connectivity index (χ2v) is 12.7. The summed E-state index contributed by atoms with van der Waals surface area (Å²) in [5.74, 6) is -1.36. The highest BCUT2D eigenvalue weighted by atomic mass is 16.2. The van der Waals surface area contributed by atoms with E-state index in [4.69, 9.17) is 0 Å². The van der Waals surface area contributed by atoms with Crippen LogP contribution >= 0.6 is 0 Å². The maximum atomic E-state index is 14.1. The van der Waals surface area contributed by atoms with Crippen LogP contribution in [-0.4, -0.2) is 69.6 Å². The number of rotatable bonds is 12. The van der Waals surface area contributed by atoms with Crippen LogP contribution in [0.4, 0.5) is 0 Å². The minimum absolute atomic E-state index is 0.166. The van der Waals surface area contributed by atoms with Crippen molar-refractivity contribution in [1.29, 1.82) is 0 Å². The summed E-state index contributed by atoms with van der Waals surface area (Å²) in [6.07, 6.45) is 8.51. The Balaban J connectivity index is 1.66. The van der Waals surface area contributed by atoms with Crippen LogP contribution in [0.1, 0.15) is 97.5 Å². The average molecular weight is 622 g/mol. The summed E-state index contributed by atoms with van der Waals surface area (Å²) < 4.78 is 2.12. The van der Waals surface area contributed by atoms with Crippen LogP contribution in [0.25, 0.3) is 10.9 Å². The molecule has 2 fully saturated rings. The number of aromatic nitrogens is 1. The molecular weight excluding hydrogens is 570 g/mol. The summed E-state index contributed by atoms with van der Waals surface area (Å²) >= 11 is 0. The van der Waals surface area contributed by atoms with Crippen molar-refractivity contribution in [2.24, 2.45) is 5.92 Å². The van der Waals surface area contributed by atoms with Gasteiger partial charge in [0.1, 0.15) is 30.0 Å². The second kappa shape index (κ2) is 16.0. The van der Waals surface area contributed by atoms with Gasteiger partial charge < -0.3 is 25.4 Å². The number of fused-ring (bicyclic) bond motifs is 2. The number of hydrogen-bond donors (Lipinski definition) is 3. The quantitative estimate of drug-likeness (QED) is 0.308. The molecule has 5 atom stereocenters. The third-order valence-corrected chi connectivity index (χ3v) is 9.61. The monoisotopic (exact) mass is 621 g/mol. The molecule has 3 heterocycles. The van der Waals surface area contributed by atoms with E-state index >= 15 is 0 Å². The number of hydrogen-bond acceptors (Lipinski definition) is 5. The first-order chi connectivity index (χ1) is 21.7. The number of carbonyl (C=O) groups excluding carboxylic acids is 5. The van der Waals surface area contributed by atoms with Gasteiger partial charge in [-0.25, -0.2) is 0 Å². The maximum Gasteiger partial charge on any atom is 0.246 e. The third kappa shape index (κ3) is 8.32. The molecule has 0 bridgehead atoms. The maximum absolute atomic E-state index is 14.1. The van der Waals surface area contributed by atoms with E-state index in [1.807, 2.05) is 51.2 Å². The fourth-order valence-electron chi connectivity index (χ4n) is 6.59. The Hall–Kier alpha value is -3.69. The molecule has 1 aromatic heterocycles. The first-order valence-corrected chi connectivity index (χ1v) is 17.0. The van der Waals surface area contributed by atoms with Crippen LogP contribution < -0.4 is 16.0 Å². The first-order valence-electron chi connectivity index (χ1n) is 17.0. The lowest BCUT2D eigenvalue weighted by molar-refractivity contribution is -0.147. The molecule has 2 aliphatic heterocycles. The van der Waals surface area contributed by atoms with Gasteiger partial charge in [0.25, 0.3) is 0 Å².